The minimum Gasteiger partial charge on any atom is -0.495 e. The molecule has 0 aromatic heterocycles. The second kappa shape index (κ2) is 7.33. The van der Waals surface area contributed by atoms with Gasteiger partial charge in [-0.05, 0) is 50.8 Å². The molecular formula is C18H26N2O4S. The molecule has 6 nitrogen and oxygen atoms in total. The Bertz CT molecular complexity index is 741. The fourth-order valence-corrected chi connectivity index (χ4v) is 5.55. The van der Waals surface area contributed by atoms with Gasteiger partial charge >= 0.3 is 0 Å². The first-order valence-electron chi connectivity index (χ1n) is 8.94. The number of hydrogen-bond acceptors (Lipinski definition) is 4. The lowest BCUT2D eigenvalue weighted by molar-refractivity contribution is 0.0792. The van der Waals surface area contributed by atoms with E-state index >= 15 is 0 Å². The van der Waals surface area contributed by atoms with E-state index < -0.39 is 10.0 Å². The predicted molar refractivity (Wildman–Crippen MR) is 95.3 cm³/mol. The zero-order chi connectivity index (χ0) is 18.0. The molecule has 2 aliphatic rings. The fourth-order valence-electron chi connectivity index (χ4n) is 3.67. The van der Waals surface area contributed by atoms with Gasteiger partial charge in [0.15, 0.2) is 0 Å². The number of likely N-dealkylation sites (tertiary alicyclic amines) is 1. The van der Waals surface area contributed by atoms with Crippen molar-refractivity contribution in [3.05, 3.63) is 23.8 Å². The molecule has 138 valence electrons. The third-order valence-corrected chi connectivity index (χ3v) is 7.17. The Morgan fingerprint density at radius 2 is 1.80 bits per heavy atom. The van der Waals surface area contributed by atoms with E-state index in [2.05, 4.69) is 0 Å². The van der Waals surface area contributed by atoms with Crippen LogP contribution in [0.15, 0.2) is 23.1 Å². The third kappa shape index (κ3) is 3.53. The van der Waals surface area contributed by atoms with Crippen molar-refractivity contribution in [1.29, 1.82) is 0 Å². The Balaban J connectivity index is 1.98. The number of hydrogen-bond donors (Lipinski definition) is 0. The number of carbonyl (C=O) groups excluding carboxylic acids is 1. The minimum atomic E-state index is -3.70. The van der Waals surface area contributed by atoms with Crippen molar-refractivity contribution in [3.8, 4) is 5.75 Å². The minimum absolute atomic E-state index is 0.0404. The smallest absolute Gasteiger partial charge is 0.253 e. The topological polar surface area (TPSA) is 66.9 Å². The van der Waals surface area contributed by atoms with Gasteiger partial charge in [-0.3, -0.25) is 4.79 Å². The van der Waals surface area contributed by atoms with Crippen LogP contribution in [0.2, 0.25) is 0 Å². The van der Waals surface area contributed by atoms with Crippen molar-refractivity contribution in [2.45, 2.75) is 50.0 Å². The highest BCUT2D eigenvalue weighted by Crippen LogP contribution is 2.32. The molecule has 0 radical (unpaired) electrons. The van der Waals surface area contributed by atoms with E-state index in [4.69, 9.17) is 4.74 Å². The van der Waals surface area contributed by atoms with Crippen molar-refractivity contribution >= 4 is 15.9 Å². The van der Waals surface area contributed by atoms with Gasteiger partial charge in [0, 0.05) is 31.2 Å². The lowest BCUT2D eigenvalue weighted by Gasteiger charge is -2.32. The van der Waals surface area contributed by atoms with E-state index in [-0.39, 0.29) is 22.6 Å². The van der Waals surface area contributed by atoms with Gasteiger partial charge < -0.3 is 9.64 Å². The molecule has 1 aromatic rings. The second-order valence-electron chi connectivity index (χ2n) is 6.83. The highest BCUT2D eigenvalue weighted by molar-refractivity contribution is 7.89. The lowest BCUT2D eigenvalue weighted by Crippen LogP contribution is -2.42. The van der Waals surface area contributed by atoms with Gasteiger partial charge in [0.1, 0.15) is 10.6 Å². The van der Waals surface area contributed by atoms with Crippen molar-refractivity contribution in [3.63, 3.8) is 0 Å². The molecule has 0 unspecified atom stereocenters. The summed E-state index contributed by atoms with van der Waals surface area (Å²) in [6.45, 7) is 3.91. The standard InChI is InChI=1S/C18H26N2O4S/c1-14-7-3-4-12-20(14)25(22,23)17-13-15(8-9-16(17)24-2)18(21)19-10-5-6-11-19/h8-9,13-14H,3-7,10-12H2,1-2H3/t14-/m1/s1. The summed E-state index contributed by atoms with van der Waals surface area (Å²) in [5.41, 5.74) is 0.408. The molecule has 0 spiro atoms. The number of sulfonamides is 1. The molecule has 1 amide bonds. The van der Waals surface area contributed by atoms with Crippen molar-refractivity contribution in [2.24, 2.45) is 0 Å². The van der Waals surface area contributed by atoms with E-state index in [0.29, 0.717) is 12.1 Å². The molecular weight excluding hydrogens is 340 g/mol. The van der Waals surface area contributed by atoms with Crippen LogP contribution in [0.5, 0.6) is 5.75 Å². The van der Waals surface area contributed by atoms with Crippen LogP contribution in [-0.4, -0.2) is 56.3 Å². The molecule has 0 aliphatic carbocycles. The van der Waals surface area contributed by atoms with Gasteiger partial charge in [0.25, 0.3) is 5.91 Å². The molecule has 1 aromatic carbocycles. The van der Waals surface area contributed by atoms with Crippen LogP contribution in [0.25, 0.3) is 0 Å². The molecule has 2 fully saturated rings. The van der Waals surface area contributed by atoms with E-state index in [9.17, 15) is 13.2 Å². The first-order chi connectivity index (χ1) is 11.9. The Labute approximate surface area is 149 Å². The number of nitrogens with zero attached hydrogens (tertiary/aromatic N) is 2. The molecule has 0 N–H and O–H groups in total. The summed E-state index contributed by atoms with van der Waals surface area (Å²) in [7, 11) is -2.24. The maximum absolute atomic E-state index is 13.2. The molecule has 2 heterocycles. The molecule has 3 rings (SSSR count). The summed E-state index contributed by atoms with van der Waals surface area (Å²) in [4.78, 5) is 14.5. The van der Waals surface area contributed by atoms with Crippen LogP contribution < -0.4 is 4.74 Å². The SMILES string of the molecule is COc1ccc(C(=O)N2CCCC2)cc1S(=O)(=O)N1CCCC[C@H]1C. The van der Waals surface area contributed by atoms with Crippen molar-refractivity contribution in [1.82, 2.24) is 9.21 Å². The molecule has 0 saturated carbocycles. The van der Waals surface area contributed by atoms with Gasteiger partial charge in [0.2, 0.25) is 10.0 Å². The molecule has 25 heavy (non-hydrogen) atoms. The summed E-state index contributed by atoms with van der Waals surface area (Å²) >= 11 is 0. The number of rotatable bonds is 4. The zero-order valence-electron chi connectivity index (χ0n) is 14.9. The van der Waals surface area contributed by atoms with Gasteiger partial charge in [-0.2, -0.15) is 4.31 Å². The molecule has 1 atom stereocenters. The van der Waals surface area contributed by atoms with Crippen LogP contribution in [0.3, 0.4) is 0 Å². The molecule has 7 heteroatoms. The molecule has 2 saturated heterocycles. The Morgan fingerprint density at radius 3 is 2.44 bits per heavy atom. The second-order valence-corrected chi connectivity index (χ2v) is 8.68. The largest absolute Gasteiger partial charge is 0.495 e. The lowest BCUT2D eigenvalue weighted by atomic mass is 10.1. The van der Waals surface area contributed by atoms with E-state index in [1.54, 1.807) is 21.3 Å². The van der Waals surface area contributed by atoms with Crippen molar-refractivity contribution < 1.29 is 17.9 Å². The first kappa shape index (κ1) is 18.2. The Hall–Kier alpha value is -1.60. The molecule has 2 aliphatic heterocycles. The highest BCUT2D eigenvalue weighted by Gasteiger charge is 2.34. The van der Waals surface area contributed by atoms with Crippen molar-refractivity contribution in [2.75, 3.05) is 26.7 Å². The van der Waals surface area contributed by atoms with Crippen LogP contribution >= 0.6 is 0 Å². The van der Waals surface area contributed by atoms with Gasteiger partial charge in [-0.25, -0.2) is 8.42 Å². The van der Waals surface area contributed by atoms with Gasteiger partial charge in [-0.15, -0.1) is 0 Å². The monoisotopic (exact) mass is 366 g/mol. The van der Waals surface area contributed by atoms with Crippen LogP contribution in [0.4, 0.5) is 0 Å². The number of amides is 1. The maximum Gasteiger partial charge on any atom is 0.253 e. The number of ether oxygens (including phenoxy) is 1. The molecule has 0 bridgehead atoms. The average Bonchev–Trinajstić information content (AvgIpc) is 3.15. The van der Waals surface area contributed by atoms with Gasteiger partial charge in [0.05, 0.1) is 7.11 Å². The number of methoxy groups -OCH3 is 1. The van der Waals surface area contributed by atoms with E-state index in [1.165, 1.54) is 13.2 Å². The summed E-state index contributed by atoms with van der Waals surface area (Å²) in [6.07, 6.45) is 4.75. The normalized spacial score (nSPS) is 22.2. The summed E-state index contributed by atoms with van der Waals surface area (Å²) < 4.78 is 33.2. The number of carbonyl (C=O) groups is 1. The first-order valence-corrected chi connectivity index (χ1v) is 10.4. The zero-order valence-corrected chi connectivity index (χ0v) is 15.7. The number of benzene rings is 1. The average molecular weight is 366 g/mol. The highest BCUT2D eigenvalue weighted by atomic mass is 32.2. The maximum atomic E-state index is 13.2. The van der Waals surface area contributed by atoms with Gasteiger partial charge in [-0.1, -0.05) is 6.42 Å². The number of piperidine rings is 1. The summed E-state index contributed by atoms with van der Waals surface area (Å²) in [5, 5.41) is 0. The quantitative estimate of drug-likeness (QED) is 0.821. The summed E-state index contributed by atoms with van der Waals surface area (Å²) in [5.74, 6) is 0.180. The predicted octanol–water partition coefficient (Wildman–Crippen LogP) is 2.49. The van der Waals surface area contributed by atoms with E-state index in [0.717, 1.165) is 45.2 Å². The van der Waals surface area contributed by atoms with Crippen LogP contribution in [0, 0.1) is 0 Å². The van der Waals surface area contributed by atoms with Crippen LogP contribution in [0.1, 0.15) is 49.4 Å². The Morgan fingerprint density at radius 1 is 1.12 bits per heavy atom. The third-order valence-electron chi connectivity index (χ3n) is 5.13. The van der Waals surface area contributed by atoms with Crippen LogP contribution in [-0.2, 0) is 10.0 Å². The fraction of sp³-hybridized carbons (Fsp3) is 0.611. The van der Waals surface area contributed by atoms with E-state index in [1.807, 2.05) is 6.92 Å². The Kier molecular flexibility index (Phi) is 5.34. The summed E-state index contributed by atoms with van der Waals surface area (Å²) in [6, 6.07) is 4.68.